The molecule has 1 heterocycles. The number of ether oxygens (including phenoxy) is 2. The zero-order valence-corrected chi connectivity index (χ0v) is 15.6. The monoisotopic (exact) mass is 383 g/mol. The Balaban J connectivity index is 2.08. The number of rotatable bonds is 8. The summed E-state index contributed by atoms with van der Waals surface area (Å²) in [6, 6.07) is 2.61. The molecule has 0 atom stereocenters. The molecule has 0 fully saturated rings. The summed E-state index contributed by atoms with van der Waals surface area (Å²) in [5.74, 6) is -0.844. The summed E-state index contributed by atoms with van der Waals surface area (Å²) in [6.07, 6.45) is 1.22. The van der Waals surface area contributed by atoms with Crippen molar-refractivity contribution in [2.24, 2.45) is 0 Å². The largest absolute Gasteiger partial charge is 0.467 e. The molecule has 0 aliphatic rings. The topological polar surface area (TPSA) is 136 Å². The Morgan fingerprint density at radius 3 is 2.52 bits per heavy atom. The summed E-state index contributed by atoms with van der Waals surface area (Å²) in [5.41, 5.74) is -0.597. The molecule has 150 valence electrons. The van der Waals surface area contributed by atoms with Crippen molar-refractivity contribution in [1.29, 1.82) is 0 Å². The van der Waals surface area contributed by atoms with Crippen molar-refractivity contribution < 1.29 is 33.1 Å². The van der Waals surface area contributed by atoms with Crippen LogP contribution >= 0.6 is 0 Å². The molecule has 0 saturated carbocycles. The molecule has 1 aromatic heterocycles. The van der Waals surface area contributed by atoms with Crippen LogP contribution in [-0.2, 0) is 25.6 Å². The predicted molar refractivity (Wildman–Crippen MR) is 93.5 cm³/mol. The lowest BCUT2D eigenvalue weighted by atomic mass is 10.2. The molecule has 0 aromatic carbocycles. The van der Waals surface area contributed by atoms with Crippen LogP contribution in [0.25, 0.3) is 0 Å². The highest BCUT2D eigenvalue weighted by Gasteiger charge is 2.16. The van der Waals surface area contributed by atoms with E-state index in [1.54, 1.807) is 32.9 Å². The second kappa shape index (κ2) is 10.8. The van der Waals surface area contributed by atoms with E-state index in [-0.39, 0.29) is 19.5 Å². The molecule has 0 aliphatic carbocycles. The first kappa shape index (κ1) is 22.0. The fraction of sp³-hybridized carbons (Fsp3) is 0.529. The van der Waals surface area contributed by atoms with Crippen LogP contribution in [0.2, 0.25) is 0 Å². The van der Waals surface area contributed by atoms with Crippen LogP contribution in [0.1, 0.15) is 39.4 Å². The van der Waals surface area contributed by atoms with Gasteiger partial charge in [0.1, 0.15) is 11.4 Å². The molecular weight excluding hydrogens is 358 g/mol. The van der Waals surface area contributed by atoms with Crippen LogP contribution in [0.3, 0.4) is 0 Å². The minimum Gasteiger partial charge on any atom is -0.467 e. The molecule has 0 spiro atoms. The van der Waals surface area contributed by atoms with Gasteiger partial charge >= 0.3 is 18.1 Å². The second-order valence-electron chi connectivity index (χ2n) is 6.50. The van der Waals surface area contributed by atoms with E-state index < -0.39 is 36.2 Å². The van der Waals surface area contributed by atoms with Crippen molar-refractivity contribution in [2.45, 2.75) is 45.8 Å². The molecule has 4 amide bonds. The third kappa shape index (κ3) is 11.2. The minimum atomic E-state index is -0.757. The van der Waals surface area contributed by atoms with E-state index in [9.17, 15) is 19.2 Å². The van der Waals surface area contributed by atoms with Gasteiger partial charge in [0, 0.05) is 13.0 Å². The fourth-order valence-corrected chi connectivity index (χ4v) is 1.74. The standard InChI is InChI=1S/C17H25N3O7/c1-17(2,3)27-16(24)18-8-4-7-14(22)26-11-13(21)20-15(23)19-10-12-6-5-9-25-12/h5-6,9H,4,7-8,10-11H2,1-3H3,(H,18,24)(H2,19,20,21,23). The summed E-state index contributed by atoms with van der Waals surface area (Å²) < 4.78 is 14.8. The Bertz CT molecular complexity index is 635. The number of carbonyl (C=O) groups excluding carboxylic acids is 4. The maximum absolute atomic E-state index is 11.5. The number of imide groups is 1. The maximum Gasteiger partial charge on any atom is 0.407 e. The first-order valence-corrected chi connectivity index (χ1v) is 8.38. The summed E-state index contributed by atoms with van der Waals surface area (Å²) >= 11 is 0. The van der Waals surface area contributed by atoms with Gasteiger partial charge in [-0.2, -0.15) is 0 Å². The van der Waals surface area contributed by atoms with E-state index in [2.05, 4.69) is 10.6 Å². The summed E-state index contributed by atoms with van der Waals surface area (Å²) in [6.45, 7) is 5.00. The van der Waals surface area contributed by atoms with Gasteiger partial charge in [0.25, 0.3) is 5.91 Å². The molecule has 0 unspecified atom stereocenters. The first-order chi connectivity index (χ1) is 12.7. The number of urea groups is 1. The molecule has 0 saturated heterocycles. The van der Waals surface area contributed by atoms with Crippen molar-refractivity contribution in [3.8, 4) is 0 Å². The van der Waals surface area contributed by atoms with Gasteiger partial charge in [0.15, 0.2) is 6.61 Å². The Labute approximate surface area is 156 Å². The van der Waals surface area contributed by atoms with Gasteiger partial charge in [-0.25, -0.2) is 9.59 Å². The van der Waals surface area contributed by atoms with Gasteiger partial charge in [0.05, 0.1) is 12.8 Å². The Hall–Kier alpha value is -3.04. The number of esters is 1. The van der Waals surface area contributed by atoms with E-state index in [4.69, 9.17) is 13.9 Å². The smallest absolute Gasteiger partial charge is 0.407 e. The van der Waals surface area contributed by atoms with Crippen molar-refractivity contribution in [3.63, 3.8) is 0 Å². The quantitative estimate of drug-likeness (QED) is 0.456. The molecule has 27 heavy (non-hydrogen) atoms. The first-order valence-electron chi connectivity index (χ1n) is 8.38. The third-order valence-electron chi connectivity index (χ3n) is 2.85. The lowest BCUT2D eigenvalue weighted by Gasteiger charge is -2.19. The van der Waals surface area contributed by atoms with Crippen LogP contribution in [0.15, 0.2) is 22.8 Å². The lowest BCUT2D eigenvalue weighted by molar-refractivity contribution is -0.148. The van der Waals surface area contributed by atoms with Gasteiger partial charge < -0.3 is 24.5 Å². The second-order valence-corrected chi connectivity index (χ2v) is 6.50. The number of nitrogens with one attached hydrogen (secondary N) is 3. The van der Waals surface area contributed by atoms with E-state index in [0.717, 1.165) is 0 Å². The Morgan fingerprint density at radius 1 is 1.15 bits per heavy atom. The molecule has 3 N–H and O–H groups in total. The third-order valence-corrected chi connectivity index (χ3v) is 2.85. The summed E-state index contributed by atoms with van der Waals surface area (Å²) in [4.78, 5) is 45.9. The number of amides is 4. The highest BCUT2D eigenvalue weighted by Crippen LogP contribution is 2.06. The van der Waals surface area contributed by atoms with Crippen molar-refractivity contribution in [1.82, 2.24) is 16.0 Å². The molecule has 1 rings (SSSR count). The normalized spacial score (nSPS) is 10.6. The number of hydrogen-bond acceptors (Lipinski definition) is 7. The molecule has 10 heteroatoms. The average Bonchev–Trinajstić information content (AvgIpc) is 3.07. The zero-order valence-electron chi connectivity index (χ0n) is 15.6. The SMILES string of the molecule is CC(C)(C)OC(=O)NCCCC(=O)OCC(=O)NC(=O)NCc1ccco1. The van der Waals surface area contributed by atoms with Crippen molar-refractivity contribution in [3.05, 3.63) is 24.2 Å². The number of carbonyl (C=O) groups is 4. The average molecular weight is 383 g/mol. The van der Waals surface area contributed by atoms with Crippen molar-refractivity contribution in [2.75, 3.05) is 13.2 Å². The number of hydrogen-bond donors (Lipinski definition) is 3. The molecule has 0 radical (unpaired) electrons. The van der Waals surface area contributed by atoms with E-state index in [1.165, 1.54) is 6.26 Å². The van der Waals surface area contributed by atoms with Gasteiger partial charge in [-0.15, -0.1) is 0 Å². The molecular formula is C17H25N3O7. The van der Waals surface area contributed by atoms with Crippen LogP contribution in [0.4, 0.5) is 9.59 Å². The molecule has 10 nitrogen and oxygen atoms in total. The van der Waals surface area contributed by atoms with Crippen molar-refractivity contribution >= 4 is 24.0 Å². The van der Waals surface area contributed by atoms with Crippen LogP contribution in [-0.4, -0.2) is 42.8 Å². The highest BCUT2D eigenvalue weighted by atomic mass is 16.6. The van der Waals surface area contributed by atoms with Crippen LogP contribution in [0.5, 0.6) is 0 Å². The van der Waals surface area contributed by atoms with Crippen LogP contribution < -0.4 is 16.0 Å². The van der Waals surface area contributed by atoms with Gasteiger partial charge in [-0.05, 0) is 39.3 Å². The fourth-order valence-electron chi connectivity index (χ4n) is 1.74. The minimum absolute atomic E-state index is 0.00771. The summed E-state index contributed by atoms with van der Waals surface area (Å²) in [7, 11) is 0. The predicted octanol–water partition coefficient (Wildman–Crippen LogP) is 1.45. The molecule has 1 aromatic rings. The Kier molecular flexibility index (Phi) is 8.83. The van der Waals surface area contributed by atoms with Crippen LogP contribution in [0, 0.1) is 0 Å². The summed E-state index contributed by atoms with van der Waals surface area (Å²) in [5, 5.41) is 6.94. The van der Waals surface area contributed by atoms with Gasteiger partial charge in [-0.3, -0.25) is 14.9 Å². The Morgan fingerprint density at radius 2 is 1.89 bits per heavy atom. The van der Waals surface area contributed by atoms with Gasteiger partial charge in [0.2, 0.25) is 0 Å². The van der Waals surface area contributed by atoms with Gasteiger partial charge in [-0.1, -0.05) is 0 Å². The lowest BCUT2D eigenvalue weighted by Crippen LogP contribution is -2.41. The maximum atomic E-state index is 11.5. The number of furan rings is 1. The number of alkyl carbamates (subject to hydrolysis) is 1. The zero-order chi connectivity index (χ0) is 20.3. The van der Waals surface area contributed by atoms with E-state index in [1.807, 2.05) is 5.32 Å². The molecule has 0 aliphatic heterocycles. The highest BCUT2D eigenvalue weighted by molar-refractivity contribution is 5.95. The molecule has 0 bridgehead atoms. The van der Waals surface area contributed by atoms with E-state index >= 15 is 0 Å². The van der Waals surface area contributed by atoms with E-state index in [0.29, 0.717) is 12.2 Å².